The van der Waals surface area contributed by atoms with Crippen LogP contribution in [0.3, 0.4) is 0 Å². The third kappa shape index (κ3) is 6.90. The van der Waals surface area contributed by atoms with E-state index < -0.39 is 29.2 Å². The highest BCUT2D eigenvalue weighted by Gasteiger charge is 2.23. The first-order valence-corrected chi connectivity index (χ1v) is 11.7. The second-order valence-electron chi connectivity index (χ2n) is 7.11. The number of carbonyl (C=O) groups excluding carboxylic acids is 3. The molecule has 0 aromatic heterocycles. The van der Waals surface area contributed by atoms with E-state index in [1.165, 1.54) is 42.1 Å². The van der Waals surface area contributed by atoms with Gasteiger partial charge in [0.25, 0.3) is 11.6 Å². The van der Waals surface area contributed by atoms with Gasteiger partial charge in [0.2, 0.25) is 0 Å². The molecule has 0 atom stereocenters. The van der Waals surface area contributed by atoms with E-state index in [0.717, 1.165) is 0 Å². The molecule has 0 fully saturated rings. The number of carbonyl (C=O) groups is 3. The first-order chi connectivity index (χ1) is 16.9. The van der Waals surface area contributed by atoms with E-state index >= 15 is 0 Å². The summed E-state index contributed by atoms with van der Waals surface area (Å²) < 4.78 is 10.5. The van der Waals surface area contributed by atoms with E-state index in [1.54, 1.807) is 30.5 Å². The number of nitrogens with one attached hydrogen (secondary N) is 1. The van der Waals surface area contributed by atoms with Gasteiger partial charge < -0.3 is 14.8 Å². The molecule has 0 aliphatic carbocycles. The van der Waals surface area contributed by atoms with Gasteiger partial charge in [-0.3, -0.25) is 19.7 Å². The van der Waals surface area contributed by atoms with Gasteiger partial charge in [-0.2, -0.15) is 0 Å². The number of rotatable bonds is 11. The number of amides is 1. The van der Waals surface area contributed by atoms with Crippen molar-refractivity contribution in [1.82, 2.24) is 5.32 Å². The van der Waals surface area contributed by atoms with Crippen LogP contribution in [0.15, 0.2) is 77.7 Å². The number of hydrogen-bond acceptors (Lipinski definition) is 8. The fraction of sp³-hybridized carbons (Fsp3) is 0.160. The number of hydrogen-bond donors (Lipinski definition) is 1. The molecule has 0 heterocycles. The Morgan fingerprint density at radius 1 is 0.971 bits per heavy atom. The largest absolute Gasteiger partial charge is 0.492 e. The van der Waals surface area contributed by atoms with Crippen molar-refractivity contribution in [3.05, 3.63) is 99.6 Å². The summed E-state index contributed by atoms with van der Waals surface area (Å²) in [6, 6.07) is 19.2. The van der Waals surface area contributed by atoms with Crippen LogP contribution in [0.4, 0.5) is 5.69 Å². The highest BCUT2D eigenvalue weighted by atomic mass is 32.2. The Morgan fingerprint density at radius 3 is 2.34 bits per heavy atom. The topological polar surface area (TPSA) is 125 Å². The number of nitro groups is 1. The quantitative estimate of drug-likeness (QED) is 0.106. The van der Waals surface area contributed by atoms with Crippen molar-refractivity contribution >= 4 is 35.1 Å². The van der Waals surface area contributed by atoms with E-state index in [4.69, 9.17) is 9.47 Å². The molecule has 0 saturated carbocycles. The number of para-hydroxylation sites is 1. The minimum absolute atomic E-state index is 0.0142. The molecule has 0 saturated heterocycles. The average molecular weight is 495 g/mol. The zero-order valence-corrected chi connectivity index (χ0v) is 19.6. The molecule has 0 bridgehead atoms. The third-order valence-electron chi connectivity index (χ3n) is 4.80. The number of nitrogens with zero attached hydrogens (tertiary/aromatic N) is 1. The second kappa shape index (κ2) is 12.3. The normalized spacial score (nSPS) is 10.3. The van der Waals surface area contributed by atoms with Gasteiger partial charge in [0.15, 0.2) is 12.4 Å². The summed E-state index contributed by atoms with van der Waals surface area (Å²) in [5, 5.41) is 13.9. The minimum atomic E-state index is -0.861. The van der Waals surface area contributed by atoms with Crippen LogP contribution in [0.25, 0.3) is 0 Å². The summed E-state index contributed by atoms with van der Waals surface area (Å²) >= 11 is 1.19. The smallest absolute Gasteiger partial charge is 0.339 e. The Kier molecular flexibility index (Phi) is 8.96. The summed E-state index contributed by atoms with van der Waals surface area (Å²) in [7, 11) is 0. The molecule has 10 heteroatoms. The summed E-state index contributed by atoms with van der Waals surface area (Å²) in [5.74, 6) is -1.29. The molecule has 3 aromatic rings. The Morgan fingerprint density at radius 2 is 1.66 bits per heavy atom. The summed E-state index contributed by atoms with van der Waals surface area (Å²) in [6.07, 6.45) is 1.70. The monoisotopic (exact) mass is 494 g/mol. The fourth-order valence-electron chi connectivity index (χ4n) is 3.12. The zero-order valence-electron chi connectivity index (χ0n) is 18.8. The lowest BCUT2D eigenvalue weighted by Gasteiger charge is -2.10. The number of ketones is 1. The van der Waals surface area contributed by atoms with Gasteiger partial charge >= 0.3 is 5.97 Å². The van der Waals surface area contributed by atoms with E-state index in [0.29, 0.717) is 10.6 Å². The summed E-state index contributed by atoms with van der Waals surface area (Å²) in [6.45, 7) is -0.0890. The predicted molar refractivity (Wildman–Crippen MR) is 130 cm³/mol. The van der Waals surface area contributed by atoms with Gasteiger partial charge in [-0.25, -0.2) is 4.79 Å². The van der Waals surface area contributed by atoms with Crippen molar-refractivity contribution < 1.29 is 28.8 Å². The van der Waals surface area contributed by atoms with Crippen molar-refractivity contribution in [1.29, 1.82) is 0 Å². The summed E-state index contributed by atoms with van der Waals surface area (Å²) in [5.41, 5.74) is -0.170. The van der Waals surface area contributed by atoms with Crippen LogP contribution in [-0.2, 0) is 9.53 Å². The minimum Gasteiger partial charge on any atom is -0.492 e. The molecule has 1 amide bonds. The third-order valence-corrected chi connectivity index (χ3v) is 5.58. The first-order valence-electron chi connectivity index (χ1n) is 10.5. The van der Waals surface area contributed by atoms with Gasteiger partial charge in [0, 0.05) is 17.2 Å². The van der Waals surface area contributed by atoms with Gasteiger partial charge in [-0.15, -0.1) is 11.8 Å². The molecule has 0 aliphatic rings. The molecule has 0 spiro atoms. The van der Waals surface area contributed by atoms with Crippen molar-refractivity contribution in [2.45, 2.75) is 4.90 Å². The van der Waals surface area contributed by atoms with Crippen molar-refractivity contribution in [3.8, 4) is 5.75 Å². The highest BCUT2D eigenvalue weighted by Crippen LogP contribution is 2.29. The Labute approximate surface area is 205 Å². The van der Waals surface area contributed by atoms with Gasteiger partial charge in [0.05, 0.1) is 21.9 Å². The molecule has 9 nitrogen and oxygen atoms in total. The van der Waals surface area contributed by atoms with Gasteiger partial charge in [-0.1, -0.05) is 36.4 Å². The molecule has 3 rings (SSSR count). The second-order valence-corrected chi connectivity index (χ2v) is 7.95. The molecular formula is C25H22N2O7S. The lowest BCUT2D eigenvalue weighted by Crippen LogP contribution is -2.32. The Bertz CT molecular complexity index is 1230. The number of esters is 1. The zero-order chi connectivity index (χ0) is 25.2. The fourth-order valence-corrected chi connectivity index (χ4v) is 3.67. The maximum Gasteiger partial charge on any atom is 0.339 e. The maximum absolute atomic E-state index is 13.0. The standard InChI is InChI=1S/C25H22N2O7S/c1-35-22-12-11-17(15-21(22)27(31)32)24(29)19-9-5-6-10-20(19)25(30)34-16-23(28)26-13-14-33-18-7-3-2-4-8-18/h2-12,15H,13-14,16H2,1H3,(H,26,28). The van der Waals surface area contributed by atoms with Crippen LogP contribution in [-0.4, -0.2) is 48.6 Å². The molecule has 0 aliphatic heterocycles. The molecule has 0 unspecified atom stereocenters. The lowest BCUT2D eigenvalue weighted by atomic mass is 9.98. The lowest BCUT2D eigenvalue weighted by molar-refractivity contribution is -0.387. The Hall–Kier alpha value is -4.18. The number of benzene rings is 3. The molecule has 0 radical (unpaired) electrons. The molecule has 180 valence electrons. The van der Waals surface area contributed by atoms with Crippen LogP contribution >= 0.6 is 11.8 Å². The van der Waals surface area contributed by atoms with E-state index in [9.17, 15) is 24.5 Å². The van der Waals surface area contributed by atoms with E-state index in [-0.39, 0.29) is 35.5 Å². The van der Waals surface area contributed by atoms with Gasteiger partial charge in [-0.05, 0) is 36.6 Å². The molecular weight excluding hydrogens is 472 g/mol. The predicted octanol–water partition coefficient (Wildman–Crippen LogP) is 3.90. The van der Waals surface area contributed by atoms with Crippen LogP contribution in [0.2, 0.25) is 0 Å². The van der Waals surface area contributed by atoms with Crippen molar-refractivity contribution in [2.75, 3.05) is 26.0 Å². The van der Waals surface area contributed by atoms with Crippen LogP contribution < -0.4 is 10.1 Å². The van der Waals surface area contributed by atoms with Crippen molar-refractivity contribution in [2.24, 2.45) is 0 Å². The molecule has 35 heavy (non-hydrogen) atoms. The van der Waals surface area contributed by atoms with E-state index in [1.807, 2.05) is 18.2 Å². The van der Waals surface area contributed by atoms with Crippen LogP contribution in [0, 0.1) is 10.1 Å². The van der Waals surface area contributed by atoms with E-state index in [2.05, 4.69) is 5.32 Å². The Balaban J connectivity index is 1.60. The number of ether oxygens (including phenoxy) is 2. The first kappa shape index (κ1) is 25.4. The highest BCUT2D eigenvalue weighted by molar-refractivity contribution is 7.98. The average Bonchev–Trinajstić information content (AvgIpc) is 2.89. The molecule has 3 aromatic carbocycles. The van der Waals surface area contributed by atoms with Gasteiger partial charge in [0.1, 0.15) is 12.4 Å². The number of nitro benzene ring substituents is 1. The van der Waals surface area contributed by atoms with Crippen LogP contribution in [0.5, 0.6) is 5.75 Å². The number of thioether (sulfide) groups is 1. The van der Waals surface area contributed by atoms with Crippen LogP contribution in [0.1, 0.15) is 26.3 Å². The van der Waals surface area contributed by atoms with Crippen molar-refractivity contribution in [3.63, 3.8) is 0 Å². The summed E-state index contributed by atoms with van der Waals surface area (Å²) in [4.78, 5) is 48.9. The molecule has 1 N–H and O–H groups in total. The maximum atomic E-state index is 13.0. The SMILES string of the molecule is CSc1ccc(C(=O)c2ccccc2C(=O)OCC(=O)NCCOc2ccccc2)cc1[N+](=O)[O-].